The van der Waals surface area contributed by atoms with E-state index in [0.29, 0.717) is 6.42 Å². The van der Waals surface area contributed by atoms with Crippen LogP contribution in [0.15, 0.2) is 0 Å². The van der Waals surface area contributed by atoms with Gasteiger partial charge in [0.15, 0.2) is 5.78 Å². The van der Waals surface area contributed by atoms with Crippen LogP contribution in [0.4, 0.5) is 0 Å². The molecule has 6 heteroatoms. The zero-order chi connectivity index (χ0) is 16.2. The van der Waals surface area contributed by atoms with E-state index in [4.69, 9.17) is 5.11 Å². The maximum Gasteiger partial charge on any atom is 0.303 e. The minimum absolute atomic E-state index is 0.0364. The van der Waals surface area contributed by atoms with E-state index in [0.717, 1.165) is 0 Å². The number of carboxylic acids is 1. The molecule has 1 heterocycles. The Morgan fingerprint density at radius 3 is 2.33 bits per heavy atom. The SMILES string of the molecule is CC(C)(C)CC(=O)C1CC(O)CN1C(=O)CCCC(=O)O. The molecular weight excluding hydrogens is 274 g/mol. The number of aliphatic carboxylic acids is 1. The van der Waals surface area contributed by atoms with Crippen molar-refractivity contribution in [1.29, 1.82) is 0 Å². The van der Waals surface area contributed by atoms with Gasteiger partial charge in [-0.2, -0.15) is 0 Å². The van der Waals surface area contributed by atoms with E-state index in [1.165, 1.54) is 4.90 Å². The molecule has 2 unspecified atom stereocenters. The average molecular weight is 299 g/mol. The second-order valence-electron chi connectivity index (χ2n) is 6.90. The number of aliphatic hydroxyl groups excluding tert-OH is 1. The Hall–Kier alpha value is -1.43. The molecule has 0 spiro atoms. The summed E-state index contributed by atoms with van der Waals surface area (Å²) in [5, 5.41) is 18.3. The molecule has 0 bridgehead atoms. The van der Waals surface area contributed by atoms with Crippen LogP contribution in [-0.2, 0) is 14.4 Å². The maximum absolute atomic E-state index is 12.3. The minimum atomic E-state index is -0.940. The first kappa shape index (κ1) is 17.6. The largest absolute Gasteiger partial charge is 0.481 e. The van der Waals surface area contributed by atoms with Gasteiger partial charge < -0.3 is 15.1 Å². The summed E-state index contributed by atoms with van der Waals surface area (Å²) in [7, 11) is 0. The highest BCUT2D eigenvalue weighted by molar-refractivity contribution is 5.90. The van der Waals surface area contributed by atoms with Crippen molar-refractivity contribution in [2.24, 2.45) is 5.41 Å². The second kappa shape index (κ2) is 7.02. The lowest BCUT2D eigenvalue weighted by atomic mass is 9.87. The minimum Gasteiger partial charge on any atom is -0.481 e. The van der Waals surface area contributed by atoms with Crippen LogP contribution >= 0.6 is 0 Å². The summed E-state index contributed by atoms with van der Waals surface area (Å²) in [6.07, 6.45) is 0.229. The standard InChI is InChI=1S/C15H25NO5/c1-15(2,3)8-12(18)11-7-10(17)9-16(11)13(19)5-4-6-14(20)21/h10-11,17H,4-9H2,1-3H3,(H,20,21). The van der Waals surface area contributed by atoms with E-state index in [1.54, 1.807) is 0 Å². The Balaban J connectivity index is 2.63. The number of Topliss-reactive ketones (excluding diaryl/α,β-unsaturated/α-hetero) is 1. The summed E-state index contributed by atoms with van der Waals surface area (Å²) in [4.78, 5) is 36.3. The molecule has 120 valence electrons. The third-order valence-electron chi connectivity index (χ3n) is 3.46. The molecule has 0 aromatic carbocycles. The van der Waals surface area contributed by atoms with Gasteiger partial charge in [0.2, 0.25) is 5.91 Å². The van der Waals surface area contributed by atoms with Crippen molar-refractivity contribution in [3.05, 3.63) is 0 Å². The van der Waals surface area contributed by atoms with Crippen LogP contribution in [0.2, 0.25) is 0 Å². The highest BCUT2D eigenvalue weighted by atomic mass is 16.4. The normalized spacial score (nSPS) is 22.4. The summed E-state index contributed by atoms with van der Waals surface area (Å²) in [5.74, 6) is -1.23. The van der Waals surface area contributed by atoms with Crippen LogP contribution in [0.25, 0.3) is 0 Å². The van der Waals surface area contributed by atoms with Crippen LogP contribution in [0.3, 0.4) is 0 Å². The summed E-state index contributed by atoms with van der Waals surface area (Å²) in [6, 6.07) is -0.573. The van der Waals surface area contributed by atoms with Crippen LogP contribution in [0.5, 0.6) is 0 Å². The number of β-amino-alcohol motifs (C(OH)–C–C–N with tert-alkyl or cyclic N) is 1. The molecule has 0 radical (unpaired) electrons. The molecular formula is C15H25NO5. The monoisotopic (exact) mass is 299 g/mol. The Kier molecular flexibility index (Phi) is 5.89. The van der Waals surface area contributed by atoms with Crippen LogP contribution in [0, 0.1) is 5.41 Å². The molecule has 0 aromatic rings. The third kappa shape index (κ3) is 5.83. The number of amides is 1. The lowest BCUT2D eigenvalue weighted by Crippen LogP contribution is -2.41. The predicted molar refractivity (Wildman–Crippen MR) is 76.7 cm³/mol. The summed E-state index contributed by atoms with van der Waals surface area (Å²) in [6.45, 7) is 6.02. The predicted octanol–water partition coefficient (Wildman–Crippen LogP) is 1.21. The van der Waals surface area contributed by atoms with E-state index >= 15 is 0 Å². The van der Waals surface area contributed by atoms with Crippen molar-refractivity contribution in [3.63, 3.8) is 0 Å². The fraction of sp³-hybridized carbons (Fsp3) is 0.800. The zero-order valence-corrected chi connectivity index (χ0v) is 13.0. The molecule has 6 nitrogen and oxygen atoms in total. The molecule has 1 rings (SSSR count). The van der Waals surface area contributed by atoms with Gasteiger partial charge >= 0.3 is 5.97 Å². The van der Waals surface area contributed by atoms with E-state index in [9.17, 15) is 19.5 Å². The zero-order valence-electron chi connectivity index (χ0n) is 13.0. The van der Waals surface area contributed by atoms with Gasteiger partial charge in [-0.3, -0.25) is 14.4 Å². The van der Waals surface area contributed by atoms with E-state index in [-0.39, 0.29) is 49.3 Å². The van der Waals surface area contributed by atoms with Gasteiger partial charge in [0.25, 0.3) is 0 Å². The highest BCUT2D eigenvalue weighted by Crippen LogP contribution is 2.26. The molecule has 1 amide bonds. The quantitative estimate of drug-likeness (QED) is 0.768. The van der Waals surface area contributed by atoms with Crippen LogP contribution in [-0.4, -0.2) is 51.5 Å². The average Bonchev–Trinajstić information content (AvgIpc) is 2.68. The number of carboxylic acid groups (broad SMARTS) is 1. The Morgan fingerprint density at radius 1 is 1.19 bits per heavy atom. The van der Waals surface area contributed by atoms with Crippen molar-refractivity contribution in [2.45, 2.75) is 65.0 Å². The molecule has 0 saturated carbocycles. The van der Waals surface area contributed by atoms with Crippen molar-refractivity contribution in [2.75, 3.05) is 6.54 Å². The molecule has 1 aliphatic rings. The number of hydrogen-bond donors (Lipinski definition) is 2. The second-order valence-corrected chi connectivity index (χ2v) is 6.90. The van der Waals surface area contributed by atoms with Gasteiger partial charge in [-0.05, 0) is 11.8 Å². The number of carbonyl (C=O) groups excluding carboxylic acids is 2. The van der Waals surface area contributed by atoms with Crippen molar-refractivity contribution in [1.82, 2.24) is 4.90 Å². The van der Waals surface area contributed by atoms with E-state index < -0.39 is 18.1 Å². The summed E-state index contributed by atoms with van der Waals surface area (Å²) >= 11 is 0. The van der Waals surface area contributed by atoms with Gasteiger partial charge in [-0.25, -0.2) is 0 Å². The number of rotatable bonds is 6. The molecule has 1 fully saturated rings. The number of likely N-dealkylation sites (tertiary alicyclic amines) is 1. The first-order valence-electron chi connectivity index (χ1n) is 7.32. The number of aliphatic hydroxyl groups is 1. The summed E-state index contributed by atoms with van der Waals surface area (Å²) < 4.78 is 0. The Labute approximate surface area is 125 Å². The van der Waals surface area contributed by atoms with Crippen molar-refractivity contribution < 1.29 is 24.6 Å². The number of carbonyl (C=O) groups is 3. The van der Waals surface area contributed by atoms with E-state index in [2.05, 4.69) is 0 Å². The highest BCUT2D eigenvalue weighted by Gasteiger charge is 2.39. The number of hydrogen-bond acceptors (Lipinski definition) is 4. The number of nitrogens with zero attached hydrogens (tertiary/aromatic N) is 1. The molecule has 2 N–H and O–H groups in total. The third-order valence-corrected chi connectivity index (χ3v) is 3.46. The van der Waals surface area contributed by atoms with E-state index in [1.807, 2.05) is 20.8 Å². The smallest absolute Gasteiger partial charge is 0.303 e. The lowest BCUT2D eigenvalue weighted by molar-refractivity contribution is -0.139. The van der Waals surface area contributed by atoms with Crippen LogP contribution in [0.1, 0.15) is 52.9 Å². The van der Waals surface area contributed by atoms with Crippen molar-refractivity contribution >= 4 is 17.7 Å². The Morgan fingerprint density at radius 2 is 1.81 bits per heavy atom. The molecule has 21 heavy (non-hydrogen) atoms. The van der Waals surface area contributed by atoms with Crippen molar-refractivity contribution in [3.8, 4) is 0 Å². The molecule has 0 aromatic heterocycles. The van der Waals surface area contributed by atoms with Gasteiger partial charge in [0.05, 0.1) is 12.1 Å². The number of ketones is 1. The molecule has 2 atom stereocenters. The molecule has 0 aliphatic carbocycles. The van der Waals surface area contributed by atoms with Gasteiger partial charge in [-0.15, -0.1) is 0 Å². The summed E-state index contributed by atoms with van der Waals surface area (Å²) in [5.41, 5.74) is -0.164. The maximum atomic E-state index is 12.3. The Bertz CT molecular complexity index is 413. The fourth-order valence-electron chi connectivity index (χ4n) is 2.57. The lowest BCUT2D eigenvalue weighted by Gasteiger charge is -2.26. The van der Waals surface area contributed by atoms with Gasteiger partial charge in [0.1, 0.15) is 0 Å². The van der Waals surface area contributed by atoms with Crippen LogP contribution < -0.4 is 0 Å². The topological polar surface area (TPSA) is 94.9 Å². The van der Waals surface area contributed by atoms with Gasteiger partial charge in [-0.1, -0.05) is 20.8 Å². The fourth-order valence-corrected chi connectivity index (χ4v) is 2.57. The first-order chi connectivity index (χ1) is 9.60. The first-order valence-corrected chi connectivity index (χ1v) is 7.32. The molecule has 1 aliphatic heterocycles. The molecule has 1 saturated heterocycles. The van der Waals surface area contributed by atoms with Gasteiger partial charge in [0, 0.05) is 32.2 Å².